The van der Waals surface area contributed by atoms with E-state index in [1.54, 1.807) is 0 Å². The van der Waals surface area contributed by atoms with Gasteiger partial charge in [-0.15, -0.1) is 0 Å². The summed E-state index contributed by atoms with van der Waals surface area (Å²) in [5.41, 5.74) is 15.2. The molecule has 3 heterocycles. The van der Waals surface area contributed by atoms with Crippen molar-refractivity contribution in [3.05, 3.63) is 199 Å². The van der Waals surface area contributed by atoms with Crippen molar-refractivity contribution in [2.45, 2.75) is 52.4 Å². The van der Waals surface area contributed by atoms with Crippen LogP contribution in [0.15, 0.2) is 188 Å². The minimum Gasteiger partial charge on any atom is -0.309 e. The van der Waals surface area contributed by atoms with Crippen LogP contribution in [0.4, 0.5) is 0 Å². The largest absolute Gasteiger partial charge is 0.309 e. The Morgan fingerprint density at radius 3 is 1.40 bits per heavy atom. The van der Waals surface area contributed by atoms with Gasteiger partial charge in [-0.2, -0.15) is 9.97 Å². The summed E-state index contributed by atoms with van der Waals surface area (Å²) in [4.78, 5) is 15.7. The molecule has 0 radical (unpaired) electrons. The summed E-state index contributed by atoms with van der Waals surface area (Å²) in [6.07, 6.45) is 0. The number of rotatable bonds is 6. The van der Waals surface area contributed by atoms with Crippen molar-refractivity contribution < 1.29 is 0 Å². The molecule has 0 saturated carbocycles. The van der Waals surface area contributed by atoms with Crippen molar-refractivity contribution in [1.82, 2.24) is 24.1 Å². The third-order valence-electron chi connectivity index (χ3n) is 15.5. The van der Waals surface area contributed by atoms with Crippen LogP contribution in [0.5, 0.6) is 0 Å². The first kappa shape index (κ1) is 39.0. The highest BCUT2D eigenvalue weighted by Crippen LogP contribution is 2.61. The summed E-state index contributed by atoms with van der Waals surface area (Å²) < 4.78 is 4.64. The van der Waals surface area contributed by atoms with E-state index in [1.165, 1.54) is 38.6 Å². The Balaban J connectivity index is 1.04. The molecule has 1 aliphatic carbocycles. The van der Waals surface area contributed by atoms with Crippen LogP contribution in [0.3, 0.4) is 0 Å². The SMILES string of the molecule is CC1(C)c2ccc(-c3ccc(-n4c5ccccc5c5cc6c7ccccc7n(-c7nc(-c8ccccc8)nc(-c8ccc(-c9ccccc9)cc8)n7)c6cc54)cc3)cc2C(C)(C)C1(C)C. The van der Waals surface area contributed by atoms with Crippen molar-refractivity contribution in [2.75, 3.05) is 0 Å². The number of para-hydroxylation sites is 2. The minimum absolute atomic E-state index is 0.0404. The molecule has 0 atom stereocenters. The molecule has 11 aromatic rings. The summed E-state index contributed by atoms with van der Waals surface area (Å²) in [6.45, 7) is 14.5. The molecule has 0 fully saturated rings. The number of aromatic nitrogens is 5. The summed E-state index contributed by atoms with van der Waals surface area (Å²) in [7, 11) is 0. The molecule has 12 rings (SSSR count). The Kier molecular flexibility index (Phi) is 8.51. The average Bonchev–Trinajstić information content (AvgIpc) is 3.88. The second kappa shape index (κ2) is 14.2. The lowest BCUT2D eigenvalue weighted by molar-refractivity contribution is 0.125. The van der Waals surface area contributed by atoms with Crippen LogP contribution >= 0.6 is 0 Å². The molecule has 8 aromatic carbocycles. The van der Waals surface area contributed by atoms with Gasteiger partial charge in [-0.1, -0.05) is 193 Å². The summed E-state index contributed by atoms with van der Waals surface area (Å²) in [5, 5.41) is 4.70. The van der Waals surface area contributed by atoms with Crippen LogP contribution in [0, 0.1) is 5.41 Å². The Morgan fingerprint density at radius 2 is 0.769 bits per heavy atom. The van der Waals surface area contributed by atoms with Crippen molar-refractivity contribution in [3.63, 3.8) is 0 Å². The van der Waals surface area contributed by atoms with E-state index in [0.29, 0.717) is 17.6 Å². The molecular formula is C60H49N5. The molecule has 5 heteroatoms. The lowest BCUT2D eigenvalue weighted by Crippen LogP contribution is -2.42. The zero-order chi connectivity index (χ0) is 44.2. The van der Waals surface area contributed by atoms with Crippen molar-refractivity contribution in [2.24, 2.45) is 5.41 Å². The summed E-state index contributed by atoms with van der Waals surface area (Å²) in [5.74, 6) is 1.81. The highest BCUT2D eigenvalue weighted by atomic mass is 15.2. The van der Waals surface area contributed by atoms with E-state index in [9.17, 15) is 0 Å². The van der Waals surface area contributed by atoms with Gasteiger partial charge >= 0.3 is 0 Å². The van der Waals surface area contributed by atoms with Gasteiger partial charge in [0.1, 0.15) is 0 Å². The Morgan fingerprint density at radius 1 is 0.323 bits per heavy atom. The van der Waals surface area contributed by atoms with Crippen molar-refractivity contribution in [3.8, 4) is 56.7 Å². The Bertz CT molecular complexity index is 3650. The zero-order valence-electron chi connectivity index (χ0n) is 37.6. The normalized spacial score (nSPS) is 15.0. The van der Waals surface area contributed by atoms with E-state index in [0.717, 1.165) is 55.2 Å². The third kappa shape index (κ3) is 5.81. The fourth-order valence-corrected chi connectivity index (χ4v) is 10.7. The fraction of sp³-hybridized carbons (Fsp3) is 0.150. The lowest BCUT2D eigenvalue weighted by atomic mass is 9.59. The number of nitrogens with zero attached hydrogens (tertiary/aromatic N) is 5. The quantitative estimate of drug-likeness (QED) is 0.168. The molecule has 1 aliphatic rings. The molecule has 65 heavy (non-hydrogen) atoms. The first-order chi connectivity index (χ1) is 31.5. The fourth-order valence-electron chi connectivity index (χ4n) is 10.7. The van der Waals surface area contributed by atoms with E-state index < -0.39 is 0 Å². The second-order valence-corrected chi connectivity index (χ2v) is 19.4. The molecule has 5 nitrogen and oxygen atoms in total. The maximum absolute atomic E-state index is 5.30. The van der Waals surface area contributed by atoms with Gasteiger partial charge in [0.2, 0.25) is 5.95 Å². The van der Waals surface area contributed by atoms with Crippen LogP contribution < -0.4 is 0 Å². The standard InChI is InChI=1S/C60H49N5/c1-58(2)49-34-31-43(35-50(49)59(3,4)60(58,5)6)40-29-32-44(33-30-40)64-51-23-15-13-21-45(51)47-36-48-46-22-14-16-24-52(46)65(54(48)37-53(47)64)57-62-55(41-19-11-8-12-20-41)61-56(63-57)42-27-25-39(26-28-42)38-17-9-7-10-18-38/h7-37H,1-6H3. The Hall–Kier alpha value is -7.63. The van der Waals surface area contributed by atoms with Gasteiger partial charge in [-0.05, 0) is 86.0 Å². The van der Waals surface area contributed by atoms with Gasteiger partial charge in [-0.25, -0.2) is 4.98 Å². The van der Waals surface area contributed by atoms with E-state index in [4.69, 9.17) is 15.0 Å². The number of fused-ring (bicyclic) bond motifs is 7. The van der Waals surface area contributed by atoms with Gasteiger partial charge < -0.3 is 4.57 Å². The summed E-state index contributed by atoms with van der Waals surface area (Å²) >= 11 is 0. The molecule has 0 unspecified atom stereocenters. The van der Waals surface area contributed by atoms with Crippen molar-refractivity contribution in [1.29, 1.82) is 0 Å². The van der Waals surface area contributed by atoms with Gasteiger partial charge in [0.05, 0.1) is 22.1 Å². The van der Waals surface area contributed by atoms with E-state index in [1.807, 2.05) is 24.3 Å². The lowest BCUT2D eigenvalue weighted by Gasteiger charge is -2.44. The molecule has 0 bridgehead atoms. The maximum Gasteiger partial charge on any atom is 0.238 e. The minimum atomic E-state index is 0.0404. The number of hydrogen-bond acceptors (Lipinski definition) is 3. The maximum atomic E-state index is 5.30. The van der Waals surface area contributed by atoms with Crippen LogP contribution in [-0.2, 0) is 10.8 Å². The molecule has 3 aromatic heterocycles. The van der Waals surface area contributed by atoms with Crippen LogP contribution in [0.1, 0.15) is 52.7 Å². The first-order valence-corrected chi connectivity index (χ1v) is 22.7. The van der Waals surface area contributed by atoms with E-state index in [-0.39, 0.29) is 16.2 Å². The smallest absolute Gasteiger partial charge is 0.238 e. The predicted octanol–water partition coefficient (Wildman–Crippen LogP) is 15.3. The van der Waals surface area contributed by atoms with Crippen LogP contribution in [0.2, 0.25) is 0 Å². The zero-order valence-corrected chi connectivity index (χ0v) is 37.6. The number of benzene rings is 8. The van der Waals surface area contributed by atoms with Crippen LogP contribution in [-0.4, -0.2) is 24.1 Å². The van der Waals surface area contributed by atoms with Crippen LogP contribution in [0.25, 0.3) is 100 Å². The van der Waals surface area contributed by atoms with Crippen molar-refractivity contribution >= 4 is 43.6 Å². The topological polar surface area (TPSA) is 48.5 Å². The molecule has 0 amide bonds. The summed E-state index contributed by atoms with van der Waals surface area (Å²) in [6, 6.07) is 67.5. The van der Waals surface area contributed by atoms with E-state index in [2.05, 4.69) is 214 Å². The average molecular weight is 840 g/mol. The molecule has 314 valence electrons. The van der Waals surface area contributed by atoms with Gasteiger partial charge in [0.15, 0.2) is 11.6 Å². The molecule has 0 aliphatic heterocycles. The molecule has 0 N–H and O–H groups in total. The number of hydrogen-bond donors (Lipinski definition) is 0. The second-order valence-electron chi connectivity index (χ2n) is 19.4. The highest BCUT2D eigenvalue weighted by Gasteiger charge is 2.56. The molecule has 0 spiro atoms. The third-order valence-corrected chi connectivity index (χ3v) is 15.5. The predicted molar refractivity (Wildman–Crippen MR) is 270 cm³/mol. The molecular weight excluding hydrogens is 791 g/mol. The van der Waals surface area contributed by atoms with Gasteiger partial charge in [0.25, 0.3) is 0 Å². The molecule has 0 saturated heterocycles. The van der Waals surface area contributed by atoms with Gasteiger partial charge in [-0.3, -0.25) is 4.57 Å². The highest BCUT2D eigenvalue weighted by molar-refractivity contribution is 6.19. The van der Waals surface area contributed by atoms with E-state index >= 15 is 0 Å². The monoisotopic (exact) mass is 839 g/mol. The Labute approximate surface area is 379 Å². The van der Waals surface area contributed by atoms with Gasteiger partial charge in [0, 0.05) is 38.4 Å². The first-order valence-electron chi connectivity index (χ1n) is 22.7.